The molecular weight excluding hydrogens is 230 g/mol. The van der Waals surface area contributed by atoms with Crippen molar-refractivity contribution in [1.29, 1.82) is 5.26 Å². The Morgan fingerprint density at radius 2 is 1.94 bits per heavy atom. The smallest absolute Gasteiger partial charge is 0.242 e. The summed E-state index contributed by atoms with van der Waals surface area (Å²) >= 11 is 0. The molecule has 1 aliphatic rings. The topological polar surface area (TPSA) is 82.0 Å². The van der Waals surface area contributed by atoms with Crippen LogP contribution in [0.4, 0.5) is 0 Å². The molecule has 1 rings (SSSR count). The van der Waals surface area contributed by atoms with Gasteiger partial charge in [-0.05, 0) is 32.6 Å². The number of hydrogen-bond donors (Lipinski definition) is 2. The molecule has 0 radical (unpaired) electrons. The van der Waals surface area contributed by atoms with Crippen LogP contribution in [0.15, 0.2) is 0 Å². The van der Waals surface area contributed by atoms with E-state index in [-0.39, 0.29) is 17.9 Å². The highest BCUT2D eigenvalue weighted by molar-refractivity contribution is 5.91. The zero-order valence-electron chi connectivity index (χ0n) is 11.2. The van der Waals surface area contributed by atoms with E-state index in [0.29, 0.717) is 12.8 Å². The average Bonchev–Trinajstić information content (AvgIpc) is 3.16. The Hall–Kier alpha value is -1.57. The second kappa shape index (κ2) is 5.85. The van der Waals surface area contributed by atoms with E-state index in [4.69, 9.17) is 5.26 Å². The second-order valence-corrected chi connectivity index (χ2v) is 4.88. The lowest BCUT2D eigenvalue weighted by molar-refractivity contribution is -0.133. The summed E-state index contributed by atoms with van der Waals surface area (Å²) in [6.07, 6.45) is 2.92. The van der Waals surface area contributed by atoms with Crippen molar-refractivity contribution >= 4 is 11.8 Å². The number of nitrogens with one attached hydrogen (secondary N) is 2. The van der Waals surface area contributed by atoms with Gasteiger partial charge < -0.3 is 10.6 Å². The van der Waals surface area contributed by atoms with Gasteiger partial charge in [-0.1, -0.05) is 13.8 Å². The normalized spacial score (nSPS) is 16.6. The van der Waals surface area contributed by atoms with Crippen molar-refractivity contribution in [2.75, 3.05) is 0 Å². The highest BCUT2D eigenvalue weighted by Crippen LogP contribution is 2.25. The maximum Gasteiger partial charge on any atom is 0.242 e. The Kier molecular flexibility index (Phi) is 4.71. The maximum atomic E-state index is 12.1. The van der Waals surface area contributed by atoms with Gasteiger partial charge in [-0.15, -0.1) is 0 Å². The van der Waals surface area contributed by atoms with Crippen LogP contribution >= 0.6 is 0 Å². The highest BCUT2D eigenvalue weighted by Gasteiger charge is 2.36. The minimum absolute atomic E-state index is 0.176. The fraction of sp³-hybridized carbons (Fsp3) is 0.769. The lowest BCUT2D eigenvalue weighted by Crippen LogP contribution is -2.50. The van der Waals surface area contributed by atoms with Crippen LogP contribution in [0.2, 0.25) is 0 Å². The van der Waals surface area contributed by atoms with E-state index in [2.05, 4.69) is 16.7 Å². The summed E-state index contributed by atoms with van der Waals surface area (Å²) in [7, 11) is 0. The molecule has 1 fully saturated rings. The van der Waals surface area contributed by atoms with E-state index in [1.54, 1.807) is 20.8 Å². The Morgan fingerprint density at radius 1 is 1.39 bits per heavy atom. The van der Waals surface area contributed by atoms with Crippen molar-refractivity contribution in [3.05, 3.63) is 0 Å². The summed E-state index contributed by atoms with van der Waals surface area (Å²) in [6, 6.07) is 1.75. The van der Waals surface area contributed by atoms with E-state index in [0.717, 1.165) is 12.8 Å². The Balaban J connectivity index is 2.56. The highest BCUT2D eigenvalue weighted by atomic mass is 16.2. The molecule has 2 amide bonds. The standard InChI is InChI=1S/C13H21N3O2/c1-4-13(5-2,8-14)12(18)15-9(3)11(17)16-10-6-7-10/h9-10H,4-7H2,1-3H3,(H,15,18)(H,16,17). The monoisotopic (exact) mass is 251 g/mol. The number of nitriles is 1. The summed E-state index contributed by atoms with van der Waals surface area (Å²) in [5.41, 5.74) is -1.02. The van der Waals surface area contributed by atoms with Gasteiger partial charge in [0.15, 0.2) is 0 Å². The molecule has 0 heterocycles. The van der Waals surface area contributed by atoms with Crippen LogP contribution in [0.5, 0.6) is 0 Å². The molecular formula is C13H21N3O2. The van der Waals surface area contributed by atoms with Crippen molar-refractivity contribution in [3.63, 3.8) is 0 Å². The molecule has 0 aromatic rings. The predicted molar refractivity (Wildman–Crippen MR) is 67.4 cm³/mol. The minimum atomic E-state index is -1.02. The van der Waals surface area contributed by atoms with Crippen LogP contribution < -0.4 is 10.6 Å². The predicted octanol–water partition coefficient (Wildman–Crippen LogP) is 1.10. The minimum Gasteiger partial charge on any atom is -0.352 e. The summed E-state index contributed by atoms with van der Waals surface area (Å²) < 4.78 is 0. The van der Waals surface area contributed by atoms with Gasteiger partial charge >= 0.3 is 0 Å². The molecule has 0 bridgehead atoms. The number of hydrogen-bond acceptors (Lipinski definition) is 3. The molecule has 0 aliphatic heterocycles. The Morgan fingerprint density at radius 3 is 2.33 bits per heavy atom. The Labute approximate surface area is 108 Å². The lowest BCUT2D eigenvalue weighted by atomic mass is 9.83. The molecule has 1 saturated carbocycles. The van der Waals surface area contributed by atoms with Crippen molar-refractivity contribution in [3.8, 4) is 6.07 Å². The lowest BCUT2D eigenvalue weighted by Gasteiger charge is -2.24. The Bertz CT molecular complexity index is 365. The van der Waals surface area contributed by atoms with Crippen LogP contribution in [-0.4, -0.2) is 23.9 Å². The van der Waals surface area contributed by atoms with E-state index in [1.807, 2.05) is 0 Å². The molecule has 0 spiro atoms. The van der Waals surface area contributed by atoms with Gasteiger partial charge in [0.05, 0.1) is 6.07 Å². The van der Waals surface area contributed by atoms with Gasteiger partial charge in [0, 0.05) is 6.04 Å². The van der Waals surface area contributed by atoms with E-state index >= 15 is 0 Å². The maximum absolute atomic E-state index is 12.1. The SMILES string of the molecule is CCC(C#N)(CC)C(=O)NC(C)C(=O)NC1CC1. The first-order chi connectivity index (χ1) is 8.49. The van der Waals surface area contributed by atoms with Gasteiger partial charge in [-0.25, -0.2) is 0 Å². The van der Waals surface area contributed by atoms with Crippen molar-refractivity contribution in [1.82, 2.24) is 10.6 Å². The number of amides is 2. The molecule has 0 aromatic heterocycles. The van der Waals surface area contributed by atoms with E-state index < -0.39 is 11.5 Å². The second-order valence-electron chi connectivity index (χ2n) is 4.88. The van der Waals surface area contributed by atoms with Crippen molar-refractivity contribution in [2.45, 2.75) is 58.5 Å². The van der Waals surface area contributed by atoms with Crippen LogP contribution in [0.3, 0.4) is 0 Å². The molecule has 2 N–H and O–H groups in total. The first kappa shape index (κ1) is 14.5. The largest absolute Gasteiger partial charge is 0.352 e. The van der Waals surface area contributed by atoms with E-state index in [1.165, 1.54) is 0 Å². The van der Waals surface area contributed by atoms with Crippen molar-refractivity contribution in [2.24, 2.45) is 5.41 Å². The summed E-state index contributed by atoms with van der Waals surface area (Å²) in [6.45, 7) is 5.26. The zero-order chi connectivity index (χ0) is 13.8. The fourth-order valence-electron chi connectivity index (χ4n) is 1.73. The summed E-state index contributed by atoms with van der Waals surface area (Å²) in [5.74, 6) is -0.529. The van der Waals surface area contributed by atoms with Crippen molar-refractivity contribution < 1.29 is 9.59 Å². The molecule has 1 unspecified atom stereocenters. The third kappa shape index (κ3) is 3.22. The van der Waals surface area contributed by atoms with Crippen LogP contribution in [0.25, 0.3) is 0 Å². The average molecular weight is 251 g/mol. The van der Waals surface area contributed by atoms with Crippen LogP contribution in [-0.2, 0) is 9.59 Å². The third-order valence-corrected chi connectivity index (χ3v) is 3.52. The van der Waals surface area contributed by atoms with Crippen LogP contribution in [0.1, 0.15) is 46.5 Å². The molecule has 100 valence electrons. The van der Waals surface area contributed by atoms with E-state index in [9.17, 15) is 9.59 Å². The molecule has 5 nitrogen and oxygen atoms in total. The van der Waals surface area contributed by atoms with Gasteiger partial charge in [0.1, 0.15) is 11.5 Å². The molecule has 5 heteroatoms. The summed E-state index contributed by atoms with van der Waals surface area (Å²) in [5, 5.41) is 14.6. The molecule has 0 saturated heterocycles. The molecule has 1 atom stereocenters. The fourth-order valence-corrected chi connectivity index (χ4v) is 1.73. The quantitative estimate of drug-likeness (QED) is 0.741. The number of carbonyl (C=O) groups is 2. The van der Waals surface area contributed by atoms with Gasteiger partial charge in [0.2, 0.25) is 11.8 Å². The third-order valence-electron chi connectivity index (χ3n) is 3.52. The molecule has 18 heavy (non-hydrogen) atoms. The molecule has 1 aliphatic carbocycles. The number of nitrogens with zero attached hydrogens (tertiary/aromatic N) is 1. The number of rotatable bonds is 6. The summed E-state index contributed by atoms with van der Waals surface area (Å²) in [4.78, 5) is 23.8. The van der Waals surface area contributed by atoms with Gasteiger partial charge in [0.25, 0.3) is 0 Å². The van der Waals surface area contributed by atoms with Gasteiger partial charge in [-0.3, -0.25) is 9.59 Å². The zero-order valence-corrected chi connectivity index (χ0v) is 11.2. The number of carbonyl (C=O) groups excluding carboxylic acids is 2. The first-order valence-electron chi connectivity index (χ1n) is 6.51. The van der Waals surface area contributed by atoms with Gasteiger partial charge in [-0.2, -0.15) is 5.26 Å². The van der Waals surface area contributed by atoms with Crippen LogP contribution in [0, 0.1) is 16.7 Å². The molecule has 0 aromatic carbocycles. The first-order valence-corrected chi connectivity index (χ1v) is 6.51.